The van der Waals surface area contributed by atoms with Gasteiger partial charge in [-0.15, -0.1) is 0 Å². The van der Waals surface area contributed by atoms with Gasteiger partial charge in [0.15, 0.2) is 0 Å². The summed E-state index contributed by atoms with van der Waals surface area (Å²) < 4.78 is 14.0. The number of aromatic nitrogens is 2. The maximum atomic E-state index is 14.0. The third-order valence-electron chi connectivity index (χ3n) is 5.57. The Morgan fingerprint density at radius 3 is 2.64 bits per heavy atom. The quantitative estimate of drug-likeness (QED) is 0.871. The fourth-order valence-corrected chi connectivity index (χ4v) is 3.90. The standard InChI is InChI=1S/C20H24FN5O2/c1-24-9-11-25(12-10-24)20(28)18-7-4-8-26(18)19(27)17-13-16(22-23-17)14-5-2-3-6-15(14)21/h2-3,5-6,13,18H,4,7-12H2,1H3,(H,22,23). The molecule has 7 nitrogen and oxygen atoms in total. The Morgan fingerprint density at radius 1 is 1.14 bits per heavy atom. The van der Waals surface area contributed by atoms with Crippen molar-refractivity contribution in [2.75, 3.05) is 39.8 Å². The summed E-state index contributed by atoms with van der Waals surface area (Å²) in [6.07, 6.45) is 1.47. The lowest BCUT2D eigenvalue weighted by atomic mass is 10.1. The van der Waals surface area contributed by atoms with Crippen molar-refractivity contribution in [3.05, 3.63) is 41.8 Å². The van der Waals surface area contributed by atoms with Gasteiger partial charge < -0.3 is 14.7 Å². The molecule has 1 N–H and O–H groups in total. The van der Waals surface area contributed by atoms with Gasteiger partial charge in [0, 0.05) is 38.3 Å². The van der Waals surface area contributed by atoms with Crippen LogP contribution in [-0.2, 0) is 4.79 Å². The maximum absolute atomic E-state index is 14.0. The Labute approximate surface area is 163 Å². The number of amides is 2. The summed E-state index contributed by atoms with van der Waals surface area (Å²) in [7, 11) is 2.04. The largest absolute Gasteiger partial charge is 0.338 e. The van der Waals surface area contributed by atoms with Crippen molar-refractivity contribution >= 4 is 11.8 Å². The molecule has 1 aromatic heterocycles. The van der Waals surface area contributed by atoms with E-state index < -0.39 is 11.9 Å². The van der Waals surface area contributed by atoms with Gasteiger partial charge in [-0.25, -0.2) is 4.39 Å². The van der Waals surface area contributed by atoms with Crippen molar-refractivity contribution < 1.29 is 14.0 Å². The van der Waals surface area contributed by atoms with Gasteiger partial charge in [0.05, 0.1) is 5.69 Å². The van der Waals surface area contributed by atoms with E-state index in [4.69, 9.17) is 0 Å². The van der Waals surface area contributed by atoms with E-state index in [9.17, 15) is 14.0 Å². The summed E-state index contributed by atoms with van der Waals surface area (Å²) in [6.45, 7) is 3.61. The van der Waals surface area contributed by atoms with Crippen molar-refractivity contribution in [3.8, 4) is 11.3 Å². The number of benzene rings is 1. The number of H-pyrrole nitrogens is 1. The van der Waals surface area contributed by atoms with Gasteiger partial charge in [-0.1, -0.05) is 12.1 Å². The molecule has 2 aliphatic heterocycles. The normalized spacial score (nSPS) is 20.6. The zero-order chi connectivity index (χ0) is 19.7. The van der Waals surface area contributed by atoms with Crippen molar-refractivity contribution in [3.63, 3.8) is 0 Å². The molecule has 3 heterocycles. The molecule has 8 heteroatoms. The van der Waals surface area contributed by atoms with Crippen LogP contribution in [0.2, 0.25) is 0 Å². The topological polar surface area (TPSA) is 72.5 Å². The van der Waals surface area contributed by atoms with Gasteiger partial charge >= 0.3 is 0 Å². The van der Waals surface area contributed by atoms with E-state index >= 15 is 0 Å². The molecule has 2 amide bonds. The molecule has 1 aromatic carbocycles. The number of likely N-dealkylation sites (tertiary alicyclic amines) is 1. The van der Waals surface area contributed by atoms with E-state index in [1.54, 1.807) is 29.2 Å². The van der Waals surface area contributed by atoms with E-state index in [-0.39, 0.29) is 17.5 Å². The molecule has 2 fully saturated rings. The molecule has 1 atom stereocenters. The molecular formula is C20H24FN5O2. The zero-order valence-corrected chi connectivity index (χ0v) is 15.9. The number of nitrogens with one attached hydrogen (secondary N) is 1. The van der Waals surface area contributed by atoms with Gasteiger partial charge in [-0.2, -0.15) is 5.10 Å². The summed E-state index contributed by atoms with van der Waals surface area (Å²) in [5.41, 5.74) is 0.989. The smallest absolute Gasteiger partial charge is 0.272 e. The van der Waals surface area contributed by atoms with Crippen molar-refractivity contribution in [2.24, 2.45) is 0 Å². The number of likely N-dealkylation sites (N-methyl/N-ethyl adjacent to an activating group) is 1. The zero-order valence-electron chi connectivity index (χ0n) is 15.9. The van der Waals surface area contributed by atoms with Crippen molar-refractivity contribution in [1.29, 1.82) is 0 Å². The van der Waals surface area contributed by atoms with Crippen LogP contribution in [0.25, 0.3) is 11.3 Å². The second kappa shape index (κ2) is 7.71. The lowest BCUT2D eigenvalue weighted by Gasteiger charge is -2.35. The van der Waals surface area contributed by atoms with E-state index in [0.717, 1.165) is 19.5 Å². The second-order valence-electron chi connectivity index (χ2n) is 7.43. The number of nitrogens with zero attached hydrogens (tertiary/aromatic N) is 4. The molecule has 0 bridgehead atoms. The maximum Gasteiger partial charge on any atom is 0.272 e. The molecule has 2 saturated heterocycles. The van der Waals surface area contributed by atoms with Crippen LogP contribution >= 0.6 is 0 Å². The van der Waals surface area contributed by atoms with Crippen LogP contribution in [-0.4, -0.2) is 82.5 Å². The number of carbonyl (C=O) groups is 2. The van der Waals surface area contributed by atoms with Crippen LogP contribution in [0.15, 0.2) is 30.3 Å². The predicted molar refractivity (Wildman–Crippen MR) is 102 cm³/mol. The summed E-state index contributed by atoms with van der Waals surface area (Å²) >= 11 is 0. The van der Waals surface area contributed by atoms with Crippen LogP contribution in [0.3, 0.4) is 0 Å². The first-order valence-corrected chi connectivity index (χ1v) is 9.63. The monoisotopic (exact) mass is 385 g/mol. The van der Waals surface area contributed by atoms with Crippen molar-refractivity contribution in [2.45, 2.75) is 18.9 Å². The average molecular weight is 385 g/mol. The highest BCUT2D eigenvalue weighted by Gasteiger charge is 2.38. The number of aromatic amines is 1. The van der Waals surface area contributed by atoms with Crippen LogP contribution < -0.4 is 0 Å². The number of carbonyl (C=O) groups excluding carboxylic acids is 2. The minimum Gasteiger partial charge on any atom is -0.338 e. The molecule has 0 spiro atoms. The minimum atomic E-state index is -0.434. The van der Waals surface area contributed by atoms with Crippen LogP contribution in [0, 0.1) is 5.82 Å². The summed E-state index contributed by atoms with van der Waals surface area (Å²) in [4.78, 5) is 31.6. The Hall–Kier alpha value is -2.74. The lowest BCUT2D eigenvalue weighted by Crippen LogP contribution is -2.53. The van der Waals surface area contributed by atoms with Crippen LogP contribution in [0.4, 0.5) is 4.39 Å². The van der Waals surface area contributed by atoms with Gasteiger partial charge in [0.2, 0.25) is 5.91 Å². The number of hydrogen-bond donors (Lipinski definition) is 1. The van der Waals surface area contributed by atoms with Gasteiger partial charge in [-0.3, -0.25) is 14.7 Å². The first-order chi connectivity index (χ1) is 13.5. The Morgan fingerprint density at radius 2 is 1.89 bits per heavy atom. The van der Waals surface area contributed by atoms with E-state index in [1.807, 2.05) is 11.9 Å². The first-order valence-electron chi connectivity index (χ1n) is 9.63. The number of piperazine rings is 1. The highest BCUT2D eigenvalue weighted by molar-refractivity contribution is 5.97. The minimum absolute atomic E-state index is 0.0211. The molecule has 148 valence electrons. The summed E-state index contributed by atoms with van der Waals surface area (Å²) in [6, 6.07) is 7.43. The van der Waals surface area contributed by atoms with E-state index in [1.165, 1.54) is 6.07 Å². The molecule has 0 saturated carbocycles. The van der Waals surface area contributed by atoms with E-state index in [0.29, 0.717) is 37.3 Å². The highest BCUT2D eigenvalue weighted by atomic mass is 19.1. The second-order valence-corrected chi connectivity index (χ2v) is 7.43. The van der Waals surface area contributed by atoms with Gasteiger partial charge in [0.1, 0.15) is 17.6 Å². The van der Waals surface area contributed by atoms with Crippen molar-refractivity contribution in [1.82, 2.24) is 24.9 Å². The molecule has 0 aliphatic carbocycles. The van der Waals surface area contributed by atoms with Crippen LogP contribution in [0.1, 0.15) is 23.3 Å². The Balaban J connectivity index is 1.50. The van der Waals surface area contributed by atoms with Gasteiger partial charge in [0.25, 0.3) is 5.91 Å². The molecule has 0 radical (unpaired) electrons. The summed E-state index contributed by atoms with van der Waals surface area (Å²) in [5, 5.41) is 6.81. The molecule has 28 heavy (non-hydrogen) atoms. The fourth-order valence-electron chi connectivity index (χ4n) is 3.90. The van der Waals surface area contributed by atoms with Crippen LogP contribution in [0.5, 0.6) is 0 Å². The molecule has 4 rings (SSSR count). The number of rotatable bonds is 3. The molecular weight excluding hydrogens is 361 g/mol. The fraction of sp³-hybridized carbons (Fsp3) is 0.450. The first kappa shape index (κ1) is 18.6. The third kappa shape index (κ3) is 3.52. The van der Waals surface area contributed by atoms with E-state index in [2.05, 4.69) is 15.1 Å². The predicted octanol–water partition coefficient (Wildman–Crippen LogP) is 1.59. The Kier molecular flexibility index (Phi) is 5.13. The third-order valence-corrected chi connectivity index (χ3v) is 5.57. The molecule has 2 aliphatic rings. The molecule has 2 aromatic rings. The SMILES string of the molecule is CN1CCN(C(=O)C2CCCN2C(=O)c2cc(-c3ccccc3F)n[nH]2)CC1. The molecule has 1 unspecified atom stereocenters. The highest BCUT2D eigenvalue weighted by Crippen LogP contribution is 2.25. The van der Waals surface area contributed by atoms with Gasteiger partial charge in [-0.05, 0) is 38.1 Å². The number of halogens is 1. The number of hydrogen-bond acceptors (Lipinski definition) is 4. The lowest BCUT2D eigenvalue weighted by molar-refractivity contribution is -0.136. The Bertz CT molecular complexity index is 875. The average Bonchev–Trinajstić information content (AvgIpc) is 3.38. The summed E-state index contributed by atoms with van der Waals surface area (Å²) in [5.74, 6) is -0.634.